The van der Waals surface area contributed by atoms with Gasteiger partial charge in [-0.1, -0.05) is 18.2 Å². The summed E-state index contributed by atoms with van der Waals surface area (Å²) in [4.78, 5) is 0. The van der Waals surface area contributed by atoms with Gasteiger partial charge in [0.1, 0.15) is 13.3 Å². The molecule has 1 heterocycles. The van der Waals surface area contributed by atoms with E-state index < -0.39 is 0 Å². The lowest BCUT2D eigenvalue weighted by Gasteiger charge is -2.05. The maximum atomic E-state index is 9.70. The van der Waals surface area contributed by atoms with Crippen molar-refractivity contribution in [1.29, 1.82) is 0 Å². The summed E-state index contributed by atoms with van der Waals surface area (Å²) in [6, 6.07) is 12.9. The molecule has 0 aliphatic carbocycles. The molecule has 0 fully saturated rings. The topological polar surface area (TPSA) is 60.5 Å². The smallest absolute Gasteiger partial charge is 0.267 e. The molecule has 0 saturated heterocycles. The Bertz CT molecular complexity index is 608. The molecule has 0 amide bonds. The van der Waals surface area contributed by atoms with Gasteiger partial charge >= 0.3 is 0 Å². The fourth-order valence-electron chi connectivity index (χ4n) is 1.60. The molecule has 1 aromatic carbocycles. The number of benzene rings is 1. The first-order valence-electron chi connectivity index (χ1n) is 5.99. The summed E-state index contributed by atoms with van der Waals surface area (Å²) in [6.45, 7) is 0. The molecular formula is C14H15N4OS+. The number of aromatic nitrogens is 1. The molecule has 5 nitrogen and oxygen atoms in total. The minimum atomic E-state index is 0.155. The summed E-state index contributed by atoms with van der Waals surface area (Å²) in [5.41, 5.74) is 4.17. The average Bonchev–Trinajstić information content (AvgIpc) is 2.43. The van der Waals surface area contributed by atoms with E-state index in [1.807, 2.05) is 43.6 Å². The molecule has 2 aromatic rings. The number of anilines is 1. The zero-order chi connectivity index (χ0) is 14.4. The monoisotopic (exact) mass is 287 g/mol. The third-order valence-corrected chi connectivity index (χ3v) is 2.78. The highest BCUT2D eigenvalue weighted by molar-refractivity contribution is 7.80. The van der Waals surface area contributed by atoms with Crippen molar-refractivity contribution in [2.24, 2.45) is 12.1 Å². The van der Waals surface area contributed by atoms with Gasteiger partial charge < -0.3 is 10.4 Å². The molecule has 0 radical (unpaired) electrons. The predicted molar refractivity (Wildman–Crippen MR) is 82.7 cm³/mol. The molecule has 0 saturated carbocycles. The Morgan fingerprint density at radius 1 is 1.25 bits per heavy atom. The Kier molecular flexibility index (Phi) is 4.62. The number of aromatic hydroxyl groups is 1. The lowest BCUT2D eigenvalue weighted by molar-refractivity contribution is -0.672. The second-order valence-corrected chi connectivity index (χ2v) is 4.49. The van der Waals surface area contributed by atoms with Crippen LogP contribution in [0.25, 0.3) is 0 Å². The van der Waals surface area contributed by atoms with Crippen LogP contribution in [0.2, 0.25) is 0 Å². The van der Waals surface area contributed by atoms with E-state index in [4.69, 9.17) is 12.2 Å². The molecule has 0 aliphatic rings. The number of rotatable bonds is 3. The van der Waals surface area contributed by atoms with E-state index in [1.54, 1.807) is 16.7 Å². The Balaban J connectivity index is 1.95. The summed E-state index contributed by atoms with van der Waals surface area (Å²) in [6.07, 6.45) is 3.33. The first-order chi connectivity index (χ1) is 9.66. The maximum absolute atomic E-state index is 9.70. The summed E-state index contributed by atoms with van der Waals surface area (Å²) in [5.74, 6) is 0.155. The van der Waals surface area contributed by atoms with Crippen LogP contribution in [0.15, 0.2) is 53.8 Å². The van der Waals surface area contributed by atoms with Crippen molar-refractivity contribution in [2.45, 2.75) is 0 Å². The standard InChI is InChI=1S/C14H14N4OS/c1-18-9-5-8-13(19)12(18)10-15-17-14(20)16-11-6-3-2-4-7-11/h2-10H,1H3,(H2,16,19,20)/p+1. The summed E-state index contributed by atoms with van der Waals surface area (Å²) in [7, 11) is 1.82. The van der Waals surface area contributed by atoms with Crippen LogP contribution in [0, 0.1) is 0 Å². The SMILES string of the molecule is C[n+]1cccc(O)c1C=NNC(=S)Nc1ccccc1. The summed E-state index contributed by atoms with van der Waals surface area (Å²) < 4.78 is 1.76. The van der Waals surface area contributed by atoms with Crippen LogP contribution in [-0.4, -0.2) is 16.4 Å². The van der Waals surface area contributed by atoms with Crippen LogP contribution < -0.4 is 15.3 Å². The number of hydrogen-bond acceptors (Lipinski definition) is 3. The van der Waals surface area contributed by atoms with Gasteiger partial charge in [0.15, 0.2) is 17.1 Å². The fraction of sp³-hybridized carbons (Fsp3) is 0.0714. The first kappa shape index (κ1) is 14.0. The zero-order valence-corrected chi connectivity index (χ0v) is 11.8. The Hall–Kier alpha value is -2.47. The lowest BCUT2D eigenvalue weighted by Crippen LogP contribution is -2.33. The van der Waals surface area contributed by atoms with E-state index in [-0.39, 0.29) is 5.75 Å². The second-order valence-electron chi connectivity index (χ2n) is 4.08. The Labute approximate surface area is 122 Å². The van der Waals surface area contributed by atoms with Crippen molar-refractivity contribution in [2.75, 3.05) is 5.32 Å². The third kappa shape index (κ3) is 3.76. The highest BCUT2D eigenvalue weighted by atomic mass is 32.1. The molecule has 0 atom stereocenters. The predicted octanol–water partition coefficient (Wildman–Crippen LogP) is 1.54. The van der Waals surface area contributed by atoms with E-state index in [2.05, 4.69) is 15.8 Å². The van der Waals surface area contributed by atoms with Gasteiger partial charge in [0.2, 0.25) is 0 Å². The molecule has 0 aliphatic heterocycles. The van der Waals surface area contributed by atoms with Crippen LogP contribution in [0.4, 0.5) is 5.69 Å². The number of hydrazone groups is 1. The number of thiocarbonyl (C=S) groups is 1. The van der Waals surface area contributed by atoms with Crippen molar-refractivity contribution >= 4 is 29.2 Å². The Morgan fingerprint density at radius 3 is 2.70 bits per heavy atom. The molecule has 6 heteroatoms. The highest BCUT2D eigenvalue weighted by Gasteiger charge is 2.08. The molecule has 20 heavy (non-hydrogen) atoms. The van der Waals surface area contributed by atoms with Crippen LogP contribution in [0.1, 0.15) is 5.69 Å². The van der Waals surface area contributed by atoms with Crippen LogP contribution >= 0.6 is 12.2 Å². The highest BCUT2D eigenvalue weighted by Crippen LogP contribution is 2.08. The van der Waals surface area contributed by atoms with E-state index in [0.717, 1.165) is 5.69 Å². The first-order valence-corrected chi connectivity index (χ1v) is 6.40. The molecular weight excluding hydrogens is 272 g/mol. The summed E-state index contributed by atoms with van der Waals surface area (Å²) in [5, 5.41) is 17.1. The zero-order valence-electron chi connectivity index (χ0n) is 10.9. The molecule has 0 bridgehead atoms. The van der Waals surface area contributed by atoms with Gasteiger partial charge in [-0.2, -0.15) is 9.67 Å². The van der Waals surface area contributed by atoms with Gasteiger partial charge in [0.05, 0.1) is 0 Å². The van der Waals surface area contributed by atoms with E-state index >= 15 is 0 Å². The minimum absolute atomic E-state index is 0.155. The normalized spacial score (nSPS) is 10.4. The minimum Gasteiger partial charge on any atom is -0.502 e. The van der Waals surface area contributed by atoms with Gasteiger partial charge in [0, 0.05) is 11.8 Å². The number of nitrogens with one attached hydrogen (secondary N) is 2. The molecule has 0 spiro atoms. The molecule has 2 rings (SSSR count). The third-order valence-electron chi connectivity index (χ3n) is 2.59. The fourth-order valence-corrected chi connectivity index (χ4v) is 1.77. The molecule has 0 unspecified atom stereocenters. The van der Waals surface area contributed by atoms with Gasteiger partial charge in [-0.05, 0) is 30.4 Å². The molecule has 102 valence electrons. The van der Waals surface area contributed by atoms with Crippen molar-refractivity contribution in [3.8, 4) is 5.75 Å². The van der Waals surface area contributed by atoms with E-state index in [0.29, 0.717) is 10.8 Å². The van der Waals surface area contributed by atoms with E-state index in [9.17, 15) is 5.11 Å². The van der Waals surface area contributed by atoms with Crippen molar-refractivity contribution in [3.05, 3.63) is 54.4 Å². The van der Waals surface area contributed by atoms with E-state index in [1.165, 1.54) is 6.21 Å². The van der Waals surface area contributed by atoms with Crippen LogP contribution in [0.5, 0.6) is 5.75 Å². The van der Waals surface area contributed by atoms with Gasteiger partial charge in [-0.15, -0.1) is 0 Å². The second kappa shape index (κ2) is 6.63. The van der Waals surface area contributed by atoms with Gasteiger partial charge in [-0.25, -0.2) is 0 Å². The molecule has 3 N–H and O–H groups in total. The van der Waals surface area contributed by atoms with Crippen molar-refractivity contribution < 1.29 is 9.67 Å². The maximum Gasteiger partial charge on any atom is 0.267 e. The number of para-hydroxylation sites is 1. The van der Waals surface area contributed by atoms with Crippen LogP contribution in [0.3, 0.4) is 0 Å². The van der Waals surface area contributed by atoms with Gasteiger partial charge in [-0.3, -0.25) is 5.43 Å². The quantitative estimate of drug-likeness (QED) is 0.347. The van der Waals surface area contributed by atoms with Crippen molar-refractivity contribution in [1.82, 2.24) is 5.43 Å². The number of nitrogens with zero attached hydrogens (tertiary/aromatic N) is 2. The number of pyridine rings is 1. The molecule has 1 aromatic heterocycles. The number of hydrogen-bond donors (Lipinski definition) is 3. The average molecular weight is 287 g/mol. The summed E-state index contributed by atoms with van der Waals surface area (Å²) >= 11 is 5.11. The Morgan fingerprint density at radius 2 is 2.00 bits per heavy atom. The largest absolute Gasteiger partial charge is 0.502 e. The van der Waals surface area contributed by atoms with Crippen molar-refractivity contribution in [3.63, 3.8) is 0 Å². The number of aryl methyl sites for hydroxylation is 1. The van der Waals surface area contributed by atoms with Crippen LogP contribution in [-0.2, 0) is 7.05 Å². The van der Waals surface area contributed by atoms with Gasteiger partial charge in [0.25, 0.3) is 5.69 Å². The lowest BCUT2D eigenvalue weighted by atomic mass is 10.3.